The number of carbonyl (C=O) groups is 1. The van der Waals surface area contributed by atoms with Crippen molar-refractivity contribution in [1.29, 1.82) is 0 Å². The Labute approximate surface area is 84.3 Å². The van der Waals surface area contributed by atoms with Crippen LogP contribution in [0.25, 0.3) is 0 Å². The second-order valence-electron chi connectivity index (χ2n) is 5.11. The van der Waals surface area contributed by atoms with E-state index in [0.29, 0.717) is 19.1 Å². The summed E-state index contributed by atoms with van der Waals surface area (Å²) < 4.78 is 0. The van der Waals surface area contributed by atoms with Crippen molar-refractivity contribution in [3.63, 3.8) is 0 Å². The fraction of sp³-hybridized carbons (Fsp3) is 0.900. The second kappa shape index (κ2) is 3.12. The molecule has 4 nitrogen and oxygen atoms in total. The Kier molecular flexibility index (Phi) is 2.18. The standard InChI is InChI=1S/C10H18N2O2/c1-10(2)6-12(5-8(10)13)9(14)11-7-3-4-7/h7-8,13H,3-6H2,1-2H3,(H,11,14). The number of hydrogen-bond donors (Lipinski definition) is 2. The Morgan fingerprint density at radius 2 is 2.14 bits per heavy atom. The molecule has 2 N–H and O–H groups in total. The molecule has 0 aromatic heterocycles. The van der Waals surface area contributed by atoms with Gasteiger partial charge >= 0.3 is 6.03 Å². The van der Waals surface area contributed by atoms with Crippen LogP contribution in [0.5, 0.6) is 0 Å². The smallest absolute Gasteiger partial charge is 0.317 e. The van der Waals surface area contributed by atoms with Crippen LogP contribution in [0.1, 0.15) is 26.7 Å². The monoisotopic (exact) mass is 198 g/mol. The third kappa shape index (κ3) is 1.85. The van der Waals surface area contributed by atoms with E-state index in [1.54, 1.807) is 4.90 Å². The molecule has 0 bridgehead atoms. The maximum absolute atomic E-state index is 11.6. The normalized spacial score (nSPS) is 30.5. The molecule has 1 aliphatic heterocycles. The molecule has 2 amide bonds. The minimum Gasteiger partial charge on any atom is -0.391 e. The molecule has 1 saturated carbocycles. The van der Waals surface area contributed by atoms with Gasteiger partial charge in [-0.15, -0.1) is 0 Å². The SMILES string of the molecule is CC1(C)CN(C(=O)NC2CC2)CC1O. The molecule has 0 spiro atoms. The molecule has 1 aliphatic carbocycles. The first kappa shape index (κ1) is 9.77. The lowest BCUT2D eigenvalue weighted by Gasteiger charge is -2.21. The zero-order valence-corrected chi connectivity index (χ0v) is 8.79. The van der Waals surface area contributed by atoms with E-state index in [0.717, 1.165) is 12.8 Å². The van der Waals surface area contributed by atoms with E-state index in [2.05, 4.69) is 5.32 Å². The number of aliphatic hydroxyl groups excluding tert-OH is 1. The van der Waals surface area contributed by atoms with Gasteiger partial charge in [-0.25, -0.2) is 4.79 Å². The number of rotatable bonds is 1. The largest absolute Gasteiger partial charge is 0.391 e. The summed E-state index contributed by atoms with van der Waals surface area (Å²) in [7, 11) is 0. The molecule has 1 unspecified atom stereocenters. The molecule has 4 heteroatoms. The number of nitrogens with zero attached hydrogens (tertiary/aromatic N) is 1. The Morgan fingerprint density at radius 1 is 1.50 bits per heavy atom. The highest BCUT2D eigenvalue weighted by atomic mass is 16.3. The van der Waals surface area contributed by atoms with Gasteiger partial charge in [-0.2, -0.15) is 0 Å². The topological polar surface area (TPSA) is 52.6 Å². The van der Waals surface area contributed by atoms with Crippen molar-refractivity contribution in [1.82, 2.24) is 10.2 Å². The number of hydrogen-bond acceptors (Lipinski definition) is 2. The fourth-order valence-corrected chi connectivity index (χ4v) is 1.77. The van der Waals surface area contributed by atoms with Crippen molar-refractivity contribution in [2.45, 2.75) is 38.8 Å². The lowest BCUT2D eigenvalue weighted by Crippen LogP contribution is -2.40. The van der Waals surface area contributed by atoms with Gasteiger partial charge in [0.2, 0.25) is 0 Å². The van der Waals surface area contributed by atoms with Crippen LogP contribution in [0.3, 0.4) is 0 Å². The minimum atomic E-state index is -0.396. The highest BCUT2D eigenvalue weighted by molar-refractivity contribution is 5.75. The van der Waals surface area contributed by atoms with Crippen LogP contribution in [0.2, 0.25) is 0 Å². The summed E-state index contributed by atoms with van der Waals surface area (Å²) >= 11 is 0. The maximum atomic E-state index is 11.6. The van der Waals surface area contributed by atoms with Crippen molar-refractivity contribution < 1.29 is 9.90 Å². The van der Waals surface area contributed by atoms with Crippen LogP contribution in [0.15, 0.2) is 0 Å². The molecule has 0 aromatic carbocycles. The first-order chi connectivity index (χ1) is 6.49. The van der Waals surface area contributed by atoms with E-state index in [1.165, 1.54) is 0 Å². The van der Waals surface area contributed by atoms with E-state index >= 15 is 0 Å². The molecule has 0 radical (unpaired) electrons. The summed E-state index contributed by atoms with van der Waals surface area (Å²) in [6.07, 6.45) is 1.81. The molecule has 2 fully saturated rings. The lowest BCUT2D eigenvalue weighted by atomic mass is 9.90. The molecule has 1 heterocycles. The quantitative estimate of drug-likeness (QED) is 0.647. The summed E-state index contributed by atoms with van der Waals surface area (Å²) in [6.45, 7) is 5.09. The van der Waals surface area contributed by atoms with E-state index in [-0.39, 0.29) is 11.4 Å². The molecule has 2 aliphatic rings. The third-order valence-corrected chi connectivity index (χ3v) is 3.09. The summed E-state index contributed by atoms with van der Waals surface area (Å²) in [6, 6.07) is 0.375. The van der Waals surface area contributed by atoms with Gasteiger partial charge in [0.25, 0.3) is 0 Å². The van der Waals surface area contributed by atoms with Crippen molar-refractivity contribution in [2.75, 3.05) is 13.1 Å². The molecule has 2 rings (SSSR count). The number of amides is 2. The first-order valence-corrected chi connectivity index (χ1v) is 5.22. The first-order valence-electron chi connectivity index (χ1n) is 5.22. The summed E-state index contributed by atoms with van der Waals surface area (Å²) in [5.74, 6) is 0. The zero-order chi connectivity index (χ0) is 10.3. The molecular weight excluding hydrogens is 180 g/mol. The Balaban J connectivity index is 1.90. The number of likely N-dealkylation sites (tertiary alicyclic amines) is 1. The van der Waals surface area contributed by atoms with E-state index < -0.39 is 6.10 Å². The predicted molar refractivity (Wildman–Crippen MR) is 52.9 cm³/mol. The van der Waals surface area contributed by atoms with Crippen molar-refractivity contribution in [3.8, 4) is 0 Å². The van der Waals surface area contributed by atoms with Crippen LogP contribution in [-0.4, -0.2) is 41.3 Å². The highest BCUT2D eigenvalue weighted by Gasteiger charge is 2.41. The van der Waals surface area contributed by atoms with Crippen molar-refractivity contribution >= 4 is 6.03 Å². The predicted octanol–water partition coefficient (Wildman–Crippen LogP) is 0.561. The van der Waals surface area contributed by atoms with Crippen LogP contribution in [-0.2, 0) is 0 Å². The third-order valence-electron chi connectivity index (χ3n) is 3.09. The maximum Gasteiger partial charge on any atom is 0.317 e. The van der Waals surface area contributed by atoms with Gasteiger partial charge in [0.15, 0.2) is 0 Å². The van der Waals surface area contributed by atoms with Crippen LogP contribution in [0, 0.1) is 5.41 Å². The molecule has 1 saturated heterocycles. The highest BCUT2D eigenvalue weighted by Crippen LogP contribution is 2.29. The van der Waals surface area contributed by atoms with Crippen LogP contribution in [0.4, 0.5) is 4.79 Å². The van der Waals surface area contributed by atoms with Gasteiger partial charge in [-0.1, -0.05) is 13.8 Å². The van der Waals surface area contributed by atoms with E-state index in [9.17, 15) is 9.90 Å². The summed E-state index contributed by atoms with van der Waals surface area (Å²) in [4.78, 5) is 13.3. The molecule has 1 atom stereocenters. The number of nitrogens with one attached hydrogen (secondary N) is 1. The van der Waals surface area contributed by atoms with Gasteiger partial charge in [0, 0.05) is 24.5 Å². The van der Waals surface area contributed by atoms with Gasteiger partial charge in [0.05, 0.1) is 6.10 Å². The fourth-order valence-electron chi connectivity index (χ4n) is 1.77. The zero-order valence-electron chi connectivity index (χ0n) is 8.79. The van der Waals surface area contributed by atoms with Crippen molar-refractivity contribution in [3.05, 3.63) is 0 Å². The van der Waals surface area contributed by atoms with Crippen LogP contribution >= 0.6 is 0 Å². The van der Waals surface area contributed by atoms with Gasteiger partial charge in [-0.3, -0.25) is 0 Å². The lowest BCUT2D eigenvalue weighted by molar-refractivity contribution is 0.0957. The Bertz CT molecular complexity index is 249. The molecule has 0 aromatic rings. The van der Waals surface area contributed by atoms with Gasteiger partial charge in [-0.05, 0) is 12.8 Å². The number of urea groups is 1. The van der Waals surface area contributed by atoms with Gasteiger partial charge in [0.1, 0.15) is 0 Å². The Morgan fingerprint density at radius 3 is 2.57 bits per heavy atom. The second-order valence-corrected chi connectivity index (χ2v) is 5.11. The number of β-amino-alcohol motifs (C(OH)–C–C–N with tert-alkyl or cyclic N) is 1. The summed E-state index contributed by atoms with van der Waals surface area (Å²) in [5.41, 5.74) is -0.166. The average Bonchev–Trinajstić information content (AvgIpc) is 2.81. The Hall–Kier alpha value is -0.770. The number of carbonyl (C=O) groups excluding carboxylic acids is 1. The molecule has 14 heavy (non-hydrogen) atoms. The van der Waals surface area contributed by atoms with Crippen LogP contribution < -0.4 is 5.32 Å². The number of aliphatic hydroxyl groups is 1. The van der Waals surface area contributed by atoms with E-state index in [1.807, 2.05) is 13.8 Å². The van der Waals surface area contributed by atoms with E-state index in [4.69, 9.17) is 0 Å². The molecule has 80 valence electrons. The average molecular weight is 198 g/mol. The van der Waals surface area contributed by atoms with Crippen molar-refractivity contribution in [2.24, 2.45) is 5.41 Å². The molecular formula is C10H18N2O2. The summed E-state index contributed by atoms with van der Waals surface area (Å²) in [5, 5.41) is 12.6. The van der Waals surface area contributed by atoms with Gasteiger partial charge < -0.3 is 15.3 Å². The minimum absolute atomic E-state index is 0.0166.